The van der Waals surface area contributed by atoms with Crippen molar-refractivity contribution >= 4 is 17.6 Å². The summed E-state index contributed by atoms with van der Waals surface area (Å²) in [5.74, 6) is 0.656. The monoisotopic (exact) mass is 273 g/mol. The molecule has 0 radical (unpaired) electrons. The van der Waals surface area contributed by atoms with E-state index in [0.29, 0.717) is 12.6 Å². The standard InChI is InChI=1S/C14H19N5O/c1-4-19(11-9-7-6-8-10(11)3)13-16-12(15)17-14(18-13)20-5-2/h6-9H,4-5H2,1-3H3,(H2,15,16,17,18). The molecule has 6 nitrogen and oxygen atoms in total. The van der Waals surface area contributed by atoms with Crippen molar-refractivity contribution in [1.29, 1.82) is 0 Å². The SMILES string of the molecule is CCOc1nc(N)nc(N(CC)c2ccccc2C)n1. The van der Waals surface area contributed by atoms with E-state index in [1.54, 1.807) is 0 Å². The predicted molar refractivity (Wildman–Crippen MR) is 79.3 cm³/mol. The molecule has 0 amide bonds. The lowest BCUT2D eigenvalue weighted by molar-refractivity contribution is 0.312. The Hall–Kier alpha value is -2.37. The highest BCUT2D eigenvalue weighted by molar-refractivity contribution is 5.61. The van der Waals surface area contributed by atoms with Crippen molar-refractivity contribution in [2.24, 2.45) is 0 Å². The molecule has 1 heterocycles. The van der Waals surface area contributed by atoms with Crippen molar-refractivity contribution in [1.82, 2.24) is 15.0 Å². The van der Waals surface area contributed by atoms with Gasteiger partial charge in [-0.25, -0.2) is 0 Å². The number of benzene rings is 1. The van der Waals surface area contributed by atoms with Crippen molar-refractivity contribution in [3.8, 4) is 6.01 Å². The molecule has 0 aliphatic rings. The van der Waals surface area contributed by atoms with E-state index in [4.69, 9.17) is 10.5 Å². The molecule has 0 aliphatic heterocycles. The molecule has 1 aromatic carbocycles. The maximum atomic E-state index is 5.73. The summed E-state index contributed by atoms with van der Waals surface area (Å²) in [5, 5.41) is 0. The second kappa shape index (κ2) is 6.18. The summed E-state index contributed by atoms with van der Waals surface area (Å²) in [6, 6.07) is 8.31. The van der Waals surface area contributed by atoms with E-state index < -0.39 is 0 Å². The van der Waals surface area contributed by atoms with Crippen LogP contribution in [0.1, 0.15) is 19.4 Å². The van der Waals surface area contributed by atoms with Crippen LogP contribution in [0.5, 0.6) is 6.01 Å². The number of nitrogen functional groups attached to an aromatic ring is 1. The molecular formula is C14H19N5O. The van der Waals surface area contributed by atoms with Crippen LogP contribution in [0, 0.1) is 6.92 Å². The molecule has 0 spiro atoms. The van der Waals surface area contributed by atoms with Gasteiger partial charge in [-0.3, -0.25) is 0 Å². The van der Waals surface area contributed by atoms with E-state index in [2.05, 4.69) is 15.0 Å². The minimum atomic E-state index is 0.158. The van der Waals surface area contributed by atoms with Crippen LogP contribution in [0.2, 0.25) is 0 Å². The average Bonchev–Trinajstić information content (AvgIpc) is 2.41. The Morgan fingerprint density at radius 2 is 1.90 bits per heavy atom. The number of para-hydroxylation sites is 1. The van der Waals surface area contributed by atoms with Gasteiger partial charge in [0.25, 0.3) is 0 Å². The molecular weight excluding hydrogens is 254 g/mol. The van der Waals surface area contributed by atoms with Gasteiger partial charge in [-0.15, -0.1) is 0 Å². The molecule has 0 saturated carbocycles. The van der Waals surface area contributed by atoms with Crippen LogP contribution in [0.25, 0.3) is 0 Å². The second-order valence-corrected chi connectivity index (χ2v) is 4.24. The summed E-state index contributed by atoms with van der Waals surface area (Å²) >= 11 is 0. The lowest BCUT2D eigenvalue weighted by Crippen LogP contribution is -2.21. The zero-order valence-corrected chi connectivity index (χ0v) is 12.0. The van der Waals surface area contributed by atoms with Gasteiger partial charge in [0, 0.05) is 12.2 Å². The minimum absolute atomic E-state index is 0.158. The normalized spacial score (nSPS) is 10.3. The fourth-order valence-corrected chi connectivity index (χ4v) is 1.96. The van der Waals surface area contributed by atoms with E-state index in [1.165, 1.54) is 0 Å². The summed E-state index contributed by atoms with van der Waals surface area (Å²) in [7, 11) is 0. The Labute approximate surface area is 118 Å². The third kappa shape index (κ3) is 2.96. The van der Waals surface area contributed by atoms with Crippen LogP contribution in [-0.2, 0) is 0 Å². The van der Waals surface area contributed by atoms with E-state index in [0.717, 1.165) is 17.8 Å². The van der Waals surface area contributed by atoms with Crippen LogP contribution in [-0.4, -0.2) is 28.1 Å². The molecule has 2 rings (SSSR count). The highest BCUT2D eigenvalue weighted by atomic mass is 16.5. The smallest absolute Gasteiger partial charge is 0.323 e. The van der Waals surface area contributed by atoms with E-state index >= 15 is 0 Å². The Morgan fingerprint density at radius 3 is 2.55 bits per heavy atom. The number of anilines is 3. The van der Waals surface area contributed by atoms with Crippen molar-refractivity contribution < 1.29 is 4.74 Å². The van der Waals surface area contributed by atoms with E-state index in [1.807, 2.05) is 49.9 Å². The largest absolute Gasteiger partial charge is 0.464 e. The highest BCUT2D eigenvalue weighted by Crippen LogP contribution is 2.26. The van der Waals surface area contributed by atoms with Gasteiger partial charge in [0.05, 0.1) is 6.61 Å². The summed E-state index contributed by atoms with van der Waals surface area (Å²) in [6.45, 7) is 7.16. The fourth-order valence-electron chi connectivity index (χ4n) is 1.96. The summed E-state index contributed by atoms with van der Waals surface area (Å²) in [5.41, 5.74) is 7.92. The van der Waals surface area contributed by atoms with Gasteiger partial charge in [-0.2, -0.15) is 15.0 Å². The number of hydrogen-bond donors (Lipinski definition) is 1. The maximum absolute atomic E-state index is 5.73. The first-order valence-corrected chi connectivity index (χ1v) is 6.63. The molecule has 6 heteroatoms. The van der Waals surface area contributed by atoms with Crippen molar-refractivity contribution in [3.05, 3.63) is 29.8 Å². The van der Waals surface area contributed by atoms with Crippen molar-refractivity contribution in [2.75, 3.05) is 23.8 Å². The Kier molecular flexibility index (Phi) is 4.34. The quantitative estimate of drug-likeness (QED) is 0.900. The first-order chi connectivity index (χ1) is 9.65. The molecule has 0 saturated heterocycles. The fraction of sp³-hybridized carbons (Fsp3) is 0.357. The molecule has 2 aromatic rings. The summed E-state index contributed by atoms with van der Waals surface area (Å²) in [4.78, 5) is 14.5. The van der Waals surface area contributed by atoms with Crippen LogP contribution in [0.3, 0.4) is 0 Å². The Morgan fingerprint density at radius 1 is 1.15 bits per heavy atom. The predicted octanol–water partition coefficient (Wildman–Crippen LogP) is 2.32. The molecule has 0 aliphatic carbocycles. The average molecular weight is 273 g/mol. The van der Waals surface area contributed by atoms with Gasteiger partial charge in [-0.05, 0) is 32.4 Å². The molecule has 2 N–H and O–H groups in total. The number of nitrogens with zero attached hydrogens (tertiary/aromatic N) is 4. The van der Waals surface area contributed by atoms with Crippen LogP contribution >= 0.6 is 0 Å². The van der Waals surface area contributed by atoms with Gasteiger partial charge in [0.1, 0.15) is 0 Å². The van der Waals surface area contributed by atoms with E-state index in [9.17, 15) is 0 Å². The first kappa shape index (κ1) is 14.0. The Balaban J connectivity index is 2.44. The number of nitrogens with two attached hydrogens (primary N) is 1. The topological polar surface area (TPSA) is 77.2 Å². The lowest BCUT2D eigenvalue weighted by Gasteiger charge is -2.23. The van der Waals surface area contributed by atoms with Gasteiger partial charge in [0.15, 0.2) is 0 Å². The number of hydrogen-bond acceptors (Lipinski definition) is 6. The molecule has 0 atom stereocenters. The minimum Gasteiger partial charge on any atom is -0.464 e. The number of aromatic nitrogens is 3. The number of aryl methyl sites for hydroxylation is 1. The summed E-state index contributed by atoms with van der Waals surface area (Å²) < 4.78 is 5.32. The summed E-state index contributed by atoms with van der Waals surface area (Å²) in [6.07, 6.45) is 0. The maximum Gasteiger partial charge on any atom is 0.323 e. The molecule has 1 aromatic heterocycles. The molecule has 20 heavy (non-hydrogen) atoms. The van der Waals surface area contributed by atoms with Crippen molar-refractivity contribution in [2.45, 2.75) is 20.8 Å². The van der Waals surface area contributed by atoms with Crippen LogP contribution in [0.15, 0.2) is 24.3 Å². The van der Waals surface area contributed by atoms with Crippen molar-refractivity contribution in [3.63, 3.8) is 0 Å². The number of rotatable bonds is 5. The second-order valence-electron chi connectivity index (χ2n) is 4.24. The molecule has 0 bridgehead atoms. The number of ether oxygens (including phenoxy) is 1. The van der Waals surface area contributed by atoms with Gasteiger partial charge >= 0.3 is 6.01 Å². The van der Waals surface area contributed by atoms with Crippen LogP contribution in [0.4, 0.5) is 17.6 Å². The third-order valence-corrected chi connectivity index (χ3v) is 2.86. The van der Waals surface area contributed by atoms with Gasteiger partial charge in [0.2, 0.25) is 11.9 Å². The molecule has 106 valence electrons. The van der Waals surface area contributed by atoms with Crippen LogP contribution < -0.4 is 15.4 Å². The zero-order chi connectivity index (χ0) is 14.5. The van der Waals surface area contributed by atoms with Gasteiger partial charge in [-0.1, -0.05) is 18.2 Å². The molecule has 0 fully saturated rings. The first-order valence-electron chi connectivity index (χ1n) is 6.63. The third-order valence-electron chi connectivity index (χ3n) is 2.86. The van der Waals surface area contributed by atoms with E-state index in [-0.39, 0.29) is 12.0 Å². The Bertz CT molecular complexity index is 588. The molecule has 0 unspecified atom stereocenters. The highest BCUT2D eigenvalue weighted by Gasteiger charge is 2.15. The zero-order valence-electron chi connectivity index (χ0n) is 12.0. The van der Waals surface area contributed by atoms with Gasteiger partial charge < -0.3 is 15.4 Å². The lowest BCUT2D eigenvalue weighted by atomic mass is 10.2.